The third-order valence-corrected chi connectivity index (χ3v) is 3.10. The minimum atomic E-state index is -0.315. The quantitative estimate of drug-likeness (QED) is 0.717. The Bertz CT molecular complexity index is 329. The van der Waals surface area contributed by atoms with Crippen LogP contribution in [0.25, 0.3) is 0 Å². The first kappa shape index (κ1) is 10.6. The van der Waals surface area contributed by atoms with Gasteiger partial charge in [0.25, 0.3) is 0 Å². The SMILES string of the molecule is Cl.NC1CSc2ccccc2C1=O. The van der Waals surface area contributed by atoms with E-state index in [1.807, 2.05) is 24.3 Å². The number of carbonyl (C=O) groups is 1. The second kappa shape index (κ2) is 4.13. The summed E-state index contributed by atoms with van der Waals surface area (Å²) in [6, 6.07) is 7.29. The maximum absolute atomic E-state index is 11.5. The summed E-state index contributed by atoms with van der Waals surface area (Å²) in [4.78, 5) is 12.5. The van der Waals surface area contributed by atoms with Crippen molar-refractivity contribution in [1.82, 2.24) is 0 Å². The third-order valence-electron chi connectivity index (χ3n) is 1.91. The summed E-state index contributed by atoms with van der Waals surface area (Å²) in [6.07, 6.45) is 0. The molecular weight excluding hydrogens is 206 g/mol. The molecule has 0 fully saturated rings. The lowest BCUT2D eigenvalue weighted by molar-refractivity contribution is 0.0964. The molecule has 0 aliphatic carbocycles. The van der Waals surface area contributed by atoms with Crippen LogP contribution in [-0.4, -0.2) is 17.6 Å². The zero-order valence-electron chi connectivity index (χ0n) is 6.90. The zero-order valence-corrected chi connectivity index (χ0v) is 8.53. The van der Waals surface area contributed by atoms with E-state index in [0.29, 0.717) is 5.75 Å². The summed E-state index contributed by atoms with van der Waals surface area (Å²) in [5.41, 5.74) is 6.40. The van der Waals surface area contributed by atoms with Gasteiger partial charge in [0.15, 0.2) is 5.78 Å². The first-order chi connectivity index (χ1) is 5.79. The average Bonchev–Trinajstić information content (AvgIpc) is 2.12. The highest BCUT2D eigenvalue weighted by molar-refractivity contribution is 7.99. The highest BCUT2D eigenvalue weighted by Gasteiger charge is 2.23. The molecule has 1 aliphatic heterocycles. The first-order valence-corrected chi connectivity index (χ1v) is 4.79. The van der Waals surface area contributed by atoms with Gasteiger partial charge < -0.3 is 5.73 Å². The fourth-order valence-electron chi connectivity index (χ4n) is 1.25. The summed E-state index contributed by atoms with van der Waals surface area (Å²) in [6.45, 7) is 0. The van der Waals surface area contributed by atoms with Crippen molar-refractivity contribution >= 4 is 30.0 Å². The molecule has 1 aliphatic rings. The van der Waals surface area contributed by atoms with E-state index in [1.165, 1.54) is 0 Å². The Balaban J connectivity index is 0.000000845. The molecule has 1 unspecified atom stereocenters. The molecule has 1 atom stereocenters. The Morgan fingerprint density at radius 3 is 2.85 bits per heavy atom. The average molecular weight is 216 g/mol. The largest absolute Gasteiger partial charge is 0.321 e. The number of nitrogens with two attached hydrogens (primary N) is 1. The van der Waals surface area contributed by atoms with E-state index in [1.54, 1.807) is 11.8 Å². The summed E-state index contributed by atoms with van der Waals surface area (Å²) in [7, 11) is 0. The molecule has 0 saturated carbocycles. The highest BCUT2D eigenvalue weighted by atomic mass is 35.5. The number of ketones is 1. The second-order valence-electron chi connectivity index (χ2n) is 2.78. The lowest BCUT2D eigenvalue weighted by Crippen LogP contribution is -2.35. The molecule has 1 heterocycles. The molecule has 0 bridgehead atoms. The number of halogens is 1. The van der Waals surface area contributed by atoms with Crippen LogP contribution >= 0.6 is 24.2 Å². The molecule has 1 aromatic rings. The van der Waals surface area contributed by atoms with Crippen LogP contribution in [-0.2, 0) is 0 Å². The van der Waals surface area contributed by atoms with Crippen molar-refractivity contribution in [3.8, 4) is 0 Å². The molecule has 2 N–H and O–H groups in total. The van der Waals surface area contributed by atoms with Gasteiger partial charge in [-0.15, -0.1) is 24.2 Å². The van der Waals surface area contributed by atoms with Crippen LogP contribution < -0.4 is 5.73 Å². The van der Waals surface area contributed by atoms with E-state index in [4.69, 9.17) is 5.73 Å². The van der Waals surface area contributed by atoms with E-state index < -0.39 is 0 Å². The van der Waals surface area contributed by atoms with Gasteiger partial charge in [0.05, 0.1) is 6.04 Å². The van der Waals surface area contributed by atoms with Gasteiger partial charge in [0.2, 0.25) is 0 Å². The monoisotopic (exact) mass is 215 g/mol. The maximum Gasteiger partial charge on any atom is 0.181 e. The zero-order chi connectivity index (χ0) is 8.55. The minimum absolute atomic E-state index is 0. The number of rotatable bonds is 0. The molecule has 0 amide bonds. The molecule has 0 aromatic heterocycles. The molecular formula is C9H10ClNOS. The van der Waals surface area contributed by atoms with E-state index in [2.05, 4.69) is 0 Å². The van der Waals surface area contributed by atoms with Crippen LogP contribution in [0, 0.1) is 0 Å². The van der Waals surface area contributed by atoms with Crippen LogP contribution in [0.3, 0.4) is 0 Å². The fraction of sp³-hybridized carbons (Fsp3) is 0.222. The highest BCUT2D eigenvalue weighted by Crippen LogP contribution is 2.28. The van der Waals surface area contributed by atoms with Crippen molar-refractivity contribution in [2.75, 3.05) is 5.75 Å². The molecule has 4 heteroatoms. The molecule has 2 nitrogen and oxygen atoms in total. The van der Waals surface area contributed by atoms with Gasteiger partial charge in [0.1, 0.15) is 0 Å². The summed E-state index contributed by atoms with van der Waals surface area (Å²) in [5, 5.41) is 0. The second-order valence-corrected chi connectivity index (χ2v) is 3.84. The predicted octanol–water partition coefficient (Wildman–Crippen LogP) is 1.72. The van der Waals surface area contributed by atoms with Gasteiger partial charge in [-0.3, -0.25) is 4.79 Å². The standard InChI is InChI=1S/C9H9NOS.ClH/c10-7-5-12-8-4-2-1-3-6(8)9(7)11;/h1-4,7H,5,10H2;1H. The van der Waals surface area contributed by atoms with Gasteiger partial charge in [-0.2, -0.15) is 0 Å². The summed E-state index contributed by atoms with van der Waals surface area (Å²) >= 11 is 1.65. The number of fused-ring (bicyclic) bond motifs is 1. The smallest absolute Gasteiger partial charge is 0.181 e. The molecule has 2 rings (SSSR count). The predicted molar refractivity (Wildman–Crippen MR) is 56.7 cm³/mol. The number of hydrogen-bond donors (Lipinski definition) is 1. The molecule has 1 aromatic carbocycles. The van der Waals surface area contributed by atoms with Crippen LogP contribution in [0.4, 0.5) is 0 Å². The number of carbonyl (C=O) groups excluding carboxylic acids is 1. The molecule has 13 heavy (non-hydrogen) atoms. The van der Waals surface area contributed by atoms with Gasteiger partial charge >= 0.3 is 0 Å². The van der Waals surface area contributed by atoms with Gasteiger partial charge in [-0.25, -0.2) is 0 Å². The van der Waals surface area contributed by atoms with Crippen molar-refractivity contribution in [3.05, 3.63) is 29.8 Å². The Hall–Kier alpha value is -0.510. The Kier molecular flexibility index (Phi) is 3.36. The molecule has 70 valence electrons. The van der Waals surface area contributed by atoms with Crippen LogP contribution in [0.2, 0.25) is 0 Å². The fourth-order valence-corrected chi connectivity index (χ4v) is 2.26. The van der Waals surface area contributed by atoms with Gasteiger partial charge in [-0.05, 0) is 6.07 Å². The summed E-state index contributed by atoms with van der Waals surface area (Å²) < 4.78 is 0. The van der Waals surface area contributed by atoms with Crippen LogP contribution in [0.15, 0.2) is 29.2 Å². The van der Waals surface area contributed by atoms with Crippen molar-refractivity contribution in [1.29, 1.82) is 0 Å². The Labute approximate surface area is 87.3 Å². The van der Waals surface area contributed by atoms with Gasteiger partial charge in [0, 0.05) is 16.2 Å². The minimum Gasteiger partial charge on any atom is -0.321 e. The van der Waals surface area contributed by atoms with E-state index in [0.717, 1.165) is 10.5 Å². The first-order valence-electron chi connectivity index (χ1n) is 3.80. The van der Waals surface area contributed by atoms with Crippen molar-refractivity contribution in [2.24, 2.45) is 5.73 Å². The van der Waals surface area contributed by atoms with Crippen molar-refractivity contribution in [2.45, 2.75) is 10.9 Å². The van der Waals surface area contributed by atoms with E-state index in [-0.39, 0.29) is 24.2 Å². The lowest BCUT2D eigenvalue weighted by Gasteiger charge is -2.18. The third kappa shape index (κ3) is 1.88. The van der Waals surface area contributed by atoms with Crippen LogP contribution in [0.5, 0.6) is 0 Å². The van der Waals surface area contributed by atoms with Crippen molar-refractivity contribution in [3.63, 3.8) is 0 Å². The Morgan fingerprint density at radius 1 is 1.38 bits per heavy atom. The molecule has 0 radical (unpaired) electrons. The maximum atomic E-state index is 11.5. The number of benzene rings is 1. The van der Waals surface area contributed by atoms with E-state index in [9.17, 15) is 4.79 Å². The summed E-state index contributed by atoms with van der Waals surface area (Å²) in [5.74, 6) is 0.778. The number of Topliss-reactive ketones (excluding diaryl/α,β-unsaturated/α-hetero) is 1. The van der Waals surface area contributed by atoms with E-state index >= 15 is 0 Å². The lowest BCUT2D eigenvalue weighted by atomic mass is 10.1. The van der Waals surface area contributed by atoms with Crippen molar-refractivity contribution < 1.29 is 4.79 Å². The topological polar surface area (TPSA) is 43.1 Å². The number of hydrogen-bond acceptors (Lipinski definition) is 3. The number of thioether (sulfide) groups is 1. The molecule has 0 saturated heterocycles. The normalized spacial score (nSPS) is 20.4. The van der Waals surface area contributed by atoms with Crippen LogP contribution in [0.1, 0.15) is 10.4 Å². The molecule has 0 spiro atoms. The van der Waals surface area contributed by atoms with Gasteiger partial charge in [-0.1, -0.05) is 18.2 Å². The Morgan fingerprint density at radius 2 is 2.08 bits per heavy atom.